The van der Waals surface area contributed by atoms with E-state index in [0.29, 0.717) is 12.1 Å². The van der Waals surface area contributed by atoms with Gasteiger partial charge in [0.25, 0.3) is 10.1 Å². The molecule has 8 heteroatoms. The Balaban J connectivity index is 0.000000214. The Morgan fingerprint density at radius 3 is 1.77 bits per heavy atom. The summed E-state index contributed by atoms with van der Waals surface area (Å²) in [7, 11) is -4.59. The number of thiol groups is 1. The fourth-order valence-electron chi connectivity index (χ4n) is 3.37. The summed E-state index contributed by atoms with van der Waals surface area (Å²) in [5, 5.41) is 0. The number of benzene rings is 4. The van der Waals surface area contributed by atoms with Gasteiger partial charge in [-0.2, -0.15) is 21.6 Å². The van der Waals surface area contributed by atoms with Crippen LogP contribution in [0.15, 0.2) is 101 Å². The molecule has 0 spiro atoms. The lowest BCUT2D eigenvalue weighted by Gasteiger charge is -2.13. The van der Waals surface area contributed by atoms with Gasteiger partial charge < -0.3 is 0 Å². The summed E-state index contributed by atoms with van der Waals surface area (Å²) in [4.78, 5) is 0.240. The molecule has 0 aromatic heterocycles. The van der Waals surface area contributed by atoms with Gasteiger partial charge in [-0.15, -0.1) is 12.6 Å². The van der Waals surface area contributed by atoms with Crippen LogP contribution in [0.1, 0.15) is 16.7 Å². The van der Waals surface area contributed by atoms with Gasteiger partial charge >= 0.3 is 6.18 Å². The van der Waals surface area contributed by atoms with Gasteiger partial charge in [0, 0.05) is 10.5 Å². The topological polar surface area (TPSA) is 54.4 Å². The molecular weight excluding hydrogens is 493 g/mol. The molecule has 0 aliphatic rings. The van der Waals surface area contributed by atoms with E-state index in [9.17, 15) is 21.6 Å². The SMILES string of the molecule is Cc1ccc(-c2cccc(S)c2-c2ccc(C)cc2)cc1.O=S(=O)(O)c1cccc(C(F)(F)F)c1. The summed E-state index contributed by atoms with van der Waals surface area (Å²) in [5.74, 6) is 0. The maximum atomic E-state index is 12.1. The Morgan fingerprint density at radius 2 is 1.26 bits per heavy atom. The quantitative estimate of drug-likeness (QED) is 0.215. The molecule has 0 heterocycles. The second kappa shape index (κ2) is 10.7. The third kappa shape index (κ3) is 6.97. The van der Waals surface area contributed by atoms with Crippen molar-refractivity contribution in [3.05, 3.63) is 108 Å². The first-order valence-electron chi connectivity index (χ1n) is 10.5. The third-order valence-electron chi connectivity index (χ3n) is 5.20. The summed E-state index contributed by atoms with van der Waals surface area (Å²) >= 11 is 4.68. The van der Waals surface area contributed by atoms with Crippen LogP contribution in [0.2, 0.25) is 0 Å². The first kappa shape index (κ1) is 26.5. The van der Waals surface area contributed by atoms with Crippen LogP contribution in [0.25, 0.3) is 22.3 Å². The molecule has 0 amide bonds. The van der Waals surface area contributed by atoms with E-state index in [-0.39, 0.29) is 0 Å². The van der Waals surface area contributed by atoms with Gasteiger partial charge in [0.05, 0.1) is 10.5 Å². The molecular formula is C27H23F3O3S2. The minimum atomic E-state index is -4.62. The van der Waals surface area contributed by atoms with Crippen LogP contribution in [0, 0.1) is 13.8 Å². The van der Waals surface area contributed by atoms with Crippen molar-refractivity contribution in [3.63, 3.8) is 0 Å². The van der Waals surface area contributed by atoms with E-state index < -0.39 is 26.8 Å². The Kier molecular flexibility index (Phi) is 8.10. The number of rotatable bonds is 3. The van der Waals surface area contributed by atoms with E-state index in [4.69, 9.17) is 4.55 Å². The number of alkyl halides is 3. The zero-order valence-electron chi connectivity index (χ0n) is 18.9. The predicted octanol–water partition coefficient (Wildman–Crippen LogP) is 7.88. The van der Waals surface area contributed by atoms with Crippen molar-refractivity contribution in [1.82, 2.24) is 0 Å². The monoisotopic (exact) mass is 516 g/mol. The van der Waals surface area contributed by atoms with Crippen molar-refractivity contribution >= 4 is 22.7 Å². The van der Waals surface area contributed by atoms with Gasteiger partial charge in [-0.1, -0.05) is 77.9 Å². The molecule has 1 N–H and O–H groups in total. The Bertz CT molecular complexity index is 1410. The highest BCUT2D eigenvalue weighted by molar-refractivity contribution is 7.85. The molecule has 4 rings (SSSR count). The lowest BCUT2D eigenvalue weighted by atomic mass is 9.93. The highest BCUT2D eigenvalue weighted by atomic mass is 32.2. The molecule has 0 saturated heterocycles. The summed E-state index contributed by atoms with van der Waals surface area (Å²) in [6.45, 7) is 4.22. The molecule has 0 saturated carbocycles. The zero-order chi connectivity index (χ0) is 25.8. The Labute approximate surface area is 208 Å². The molecule has 0 atom stereocenters. The number of aryl methyl sites for hydroxylation is 2. The van der Waals surface area contributed by atoms with E-state index in [0.717, 1.165) is 17.0 Å². The lowest BCUT2D eigenvalue weighted by Crippen LogP contribution is -2.07. The Morgan fingerprint density at radius 1 is 0.743 bits per heavy atom. The highest BCUT2D eigenvalue weighted by Gasteiger charge is 2.31. The van der Waals surface area contributed by atoms with E-state index in [1.807, 2.05) is 0 Å². The van der Waals surface area contributed by atoms with Gasteiger partial charge in [-0.3, -0.25) is 4.55 Å². The van der Waals surface area contributed by atoms with Gasteiger partial charge in [0.2, 0.25) is 0 Å². The van der Waals surface area contributed by atoms with Crippen LogP contribution >= 0.6 is 12.6 Å². The largest absolute Gasteiger partial charge is 0.416 e. The first-order chi connectivity index (χ1) is 16.4. The third-order valence-corrected chi connectivity index (χ3v) is 6.43. The number of hydrogen-bond donors (Lipinski definition) is 2. The minimum absolute atomic E-state index is 0.370. The zero-order valence-corrected chi connectivity index (χ0v) is 20.6. The van der Waals surface area contributed by atoms with Crippen LogP contribution in [0.3, 0.4) is 0 Å². The van der Waals surface area contributed by atoms with Crippen molar-refractivity contribution in [2.75, 3.05) is 0 Å². The highest BCUT2D eigenvalue weighted by Crippen LogP contribution is 2.37. The van der Waals surface area contributed by atoms with Gasteiger partial charge in [-0.05, 0) is 54.8 Å². The second-order valence-corrected chi connectivity index (χ2v) is 9.84. The van der Waals surface area contributed by atoms with Gasteiger partial charge in [0.15, 0.2) is 0 Å². The fourth-order valence-corrected chi connectivity index (χ4v) is 4.23. The molecule has 182 valence electrons. The van der Waals surface area contributed by atoms with Gasteiger partial charge in [0.1, 0.15) is 0 Å². The first-order valence-corrected chi connectivity index (χ1v) is 12.4. The van der Waals surface area contributed by atoms with E-state index in [2.05, 4.69) is 93.2 Å². The average Bonchev–Trinajstić information content (AvgIpc) is 2.80. The molecule has 4 aromatic rings. The summed E-state index contributed by atoms with van der Waals surface area (Å²) < 4.78 is 65.7. The van der Waals surface area contributed by atoms with Crippen LogP contribution in [0.4, 0.5) is 13.2 Å². The van der Waals surface area contributed by atoms with Crippen molar-refractivity contribution in [1.29, 1.82) is 0 Å². The van der Waals surface area contributed by atoms with E-state index in [1.54, 1.807) is 0 Å². The van der Waals surface area contributed by atoms with Crippen LogP contribution in [-0.4, -0.2) is 13.0 Å². The average molecular weight is 517 g/mol. The van der Waals surface area contributed by atoms with E-state index >= 15 is 0 Å². The smallest absolute Gasteiger partial charge is 0.282 e. The molecule has 0 unspecified atom stereocenters. The normalized spacial score (nSPS) is 11.5. The summed E-state index contributed by atoms with van der Waals surface area (Å²) in [6, 6.07) is 26.4. The lowest BCUT2D eigenvalue weighted by molar-refractivity contribution is -0.137. The number of halogens is 3. The predicted molar refractivity (Wildman–Crippen MR) is 135 cm³/mol. The molecule has 3 nitrogen and oxygen atoms in total. The van der Waals surface area contributed by atoms with Crippen molar-refractivity contribution in [2.45, 2.75) is 29.8 Å². The van der Waals surface area contributed by atoms with E-state index in [1.165, 1.54) is 33.4 Å². The molecule has 0 aliphatic carbocycles. The molecule has 4 aromatic carbocycles. The van der Waals surface area contributed by atoms with Gasteiger partial charge in [-0.25, -0.2) is 0 Å². The van der Waals surface area contributed by atoms with Crippen molar-refractivity contribution < 1.29 is 26.1 Å². The van der Waals surface area contributed by atoms with Crippen LogP contribution in [-0.2, 0) is 16.3 Å². The molecule has 35 heavy (non-hydrogen) atoms. The molecule has 0 fully saturated rings. The maximum absolute atomic E-state index is 12.1. The van der Waals surface area contributed by atoms with Crippen LogP contribution < -0.4 is 0 Å². The standard InChI is InChI=1S/C20H18S.C7H5F3O3S/c1-14-6-10-16(11-7-14)18-4-3-5-19(21)20(18)17-12-8-15(2)9-13-17;8-7(9,10)5-2-1-3-6(4-5)14(11,12)13/h3-13,21H,1-2H3;1-4H,(H,11,12,13). The van der Waals surface area contributed by atoms with Crippen molar-refractivity contribution in [3.8, 4) is 22.3 Å². The van der Waals surface area contributed by atoms with Crippen molar-refractivity contribution in [2.24, 2.45) is 0 Å². The summed E-state index contributed by atoms with van der Waals surface area (Å²) in [6.07, 6.45) is -4.62. The Hall–Kier alpha value is -3.07. The second-order valence-electron chi connectivity index (χ2n) is 7.93. The molecule has 0 radical (unpaired) electrons. The van der Waals surface area contributed by atoms with Crippen LogP contribution in [0.5, 0.6) is 0 Å². The molecule has 0 aliphatic heterocycles. The fraction of sp³-hybridized carbons (Fsp3) is 0.111. The summed E-state index contributed by atoms with van der Waals surface area (Å²) in [5.41, 5.74) is 6.29. The molecule has 0 bridgehead atoms. The number of hydrogen-bond acceptors (Lipinski definition) is 3. The maximum Gasteiger partial charge on any atom is 0.416 e. The minimum Gasteiger partial charge on any atom is -0.282 e.